The molecule has 43 heteroatoms. The molecule has 0 aliphatic carbocycles. The van der Waals surface area contributed by atoms with E-state index in [-0.39, 0.29) is 89.1 Å². The second-order valence-corrected chi connectivity index (χ2v) is 45.7. The number of likely N-dealkylation sites (N-methyl/N-ethyl adjacent to an activating group) is 4. The number of halogens is 1. The van der Waals surface area contributed by atoms with Gasteiger partial charge in [-0.3, -0.25) is 67.1 Å². The molecule has 0 spiro atoms. The first-order chi connectivity index (χ1) is 66.5. The number of carbonyl (C=O) groups excluding carboxylic acids is 16. The van der Waals surface area contributed by atoms with E-state index in [2.05, 4.69) is 47.9 Å². The number of esters is 4. The SMILES string of the molecule is C.CC[C@H](C)[C@H]1NC(=O)[C@@H](NC(=O)[C@@H](CC(C)C)N(C)S(C)(=O)=O)[C@@H](C)OC(=O)[C@H](Cc2ccc(OC)cc2)N(C)C(=O)[C@@H]2CCCN2C(=O)[C@H](CC(C)C)NC(=O)[C@@H](C)C(=O)[C@H](C(C)C)OC(=O)C[C@@H]1O.CC[C@H](C)[C@H]1NC(=O)[C@@H](NC(=O)[C@@H](CC(C)C)NC)[C@@H](C)OC(=O)[C@H](Cc2ccc(OC)cc2)N(C)C(=O)[C@@H]2CCCN2C(=O)[C@H](CC(C)C)NC(=O)[C@@H](C)C(=O)[C@H](C(C)C)OC(=O)C[C@@H]1O.CS(=O)(=O)Cl. The van der Waals surface area contributed by atoms with Crippen molar-refractivity contribution in [2.45, 2.75) is 345 Å². The summed E-state index contributed by atoms with van der Waals surface area (Å²) >= 11 is 0. The first-order valence-corrected chi connectivity index (χ1v) is 54.0. The number of Topliss-reactive ketones (excluding diaryl/α,β-unsaturated/α-hetero) is 2. The van der Waals surface area contributed by atoms with E-state index < -0.39 is 271 Å². The van der Waals surface area contributed by atoms with Gasteiger partial charge in [-0.1, -0.05) is 155 Å². The number of hydrogen-bond acceptors (Lipinski definition) is 29. The molecule has 40 nitrogen and oxygen atoms in total. The molecular weight excluding hydrogens is 1930 g/mol. The lowest BCUT2D eigenvalue weighted by molar-refractivity contribution is -0.163. The first-order valence-electron chi connectivity index (χ1n) is 49.4. The Balaban J connectivity index is 0.000000703. The van der Waals surface area contributed by atoms with Gasteiger partial charge in [-0.25, -0.2) is 26.4 Å². The van der Waals surface area contributed by atoms with E-state index in [9.17, 15) is 104 Å². The topological polar surface area (TPSA) is 538 Å². The van der Waals surface area contributed by atoms with Crippen molar-refractivity contribution in [1.82, 2.24) is 61.1 Å². The summed E-state index contributed by atoms with van der Waals surface area (Å²) in [6.07, 6.45) is -5.73. The van der Waals surface area contributed by atoms with E-state index >= 15 is 0 Å². The molecule has 10 amide bonds. The lowest BCUT2D eigenvalue weighted by atomic mass is 9.91. The zero-order valence-electron chi connectivity index (χ0n) is 88.5. The molecule has 2 aromatic rings. The first kappa shape index (κ1) is 128. The summed E-state index contributed by atoms with van der Waals surface area (Å²) in [5, 5.41) is 42.7. The number of ketones is 2. The maximum Gasteiger partial charge on any atom is 0.329 e. The van der Waals surface area contributed by atoms with Crippen molar-refractivity contribution >= 4 is 124 Å². The van der Waals surface area contributed by atoms with Crippen LogP contribution >= 0.6 is 10.7 Å². The molecule has 0 bridgehead atoms. The summed E-state index contributed by atoms with van der Waals surface area (Å²) in [6.45, 7) is 34.2. The third-order valence-electron chi connectivity index (χ3n) is 26.3. The van der Waals surface area contributed by atoms with Crippen molar-refractivity contribution in [3.63, 3.8) is 0 Å². The molecule has 0 unspecified atom stereocenters. The molecule has 4 aliphatic heterocycles. The molecule has 4 aliphatic rings. The fourth-order valence-electron chi connectivity index (χ4n) is 17.4. The Labute approximate surface area is 856 Å². The standard InChI is InChI=1S/C50H80N6O14S.C49H78N6O12.CH3ClO2S.CH4/c1-15-30(8)41-39(57)26-40(58)70-44(29(6)7)43(59)31(9)45(60)51-35(23-27(2)3)48(63)56-22-16-17-36(56)49(64)54(11)38(25-33-18-20-34(68-13)21-19-33)50(65)69-32(10)42(47(62)52-41)53-46(61)37(24-28(4)5)55(12)71(14,66)67;1-14-29(8)40-38(56)25-39(57)67-43(28(6)7)42(58)30(9)44(59)51-35(23-27(4)5)47(62)55-21-15-16-36(55)48(63)54(12)37(24-32-17-19-33(65-13)20-18-32)49(64)66-31(10)41(46(61)52-40)53-45(60)34(50-11)22-26(2)3;1-5(2,3)4;/h18-21,27-32,35-39,41-42,44,57H,15-17,22-26H2,1-14H3,(H,51,60)(H,52,62)(H,53,61);17-20,26-31,34-38,40-41,43,50,56H,14-16,21-25H2,1-13H3,(H,51,59)(H,52,61)(H,53,60);1H3;1H4/t30-,31-,32+,35-,36-,37+,38-,39-,41+,42-,44-;29-,30-,31+,34+,35-,36-,37-,38-,40+,41-,43-;;/m00../s1. The van der Waals surface area contributed by atoms with E-state index in [1.54, 1.807) is 118 Å². The van der Waals surface area contributed by atoms with Crippen molar-refractivity contribution in [2.75, 3.05) is 68.0 Å². The van der Waals surface area contributed by atoms with Gasteiger partial charge in [-0.2, -0.15) is 4.31 Å². The zero-order chi connectivity index (χ0) is 109. The number of carbonyl (C=O) groups is 16. The Kier molecular flexibility index (Phi) is 52.6. The normalized spacial score (nSPS) is 26.8. The molecule has 816 valence electrons. The predicted molar refractivity (Wildman–Crippen MR) is 541 cm³/mol. The molecule has 0 radical (unpaired) electrons. The minimum atomic E-state index is -3.96. The van der Waals surface area contributed by atoms with Crippen molar-refractivity contribution < 1.29 is 132 Å². The number of nitrogens with zero attached hydrogens (tertiary/aromatic N) is 5. The monoisotopic (exact) mass is 2090 g/mol. The molecule has 22 atom stereocenters. The third kappa shape index (κ3) is 38.7. The molecule has 144 heavy (non-hydrogen) atoms. The molecule has 6 rings (SSSR count). The van der Waals surface area contributed by atoms with Crippen LogP contribution in [0.4, 0.5) is 0 Å². The average molecular weight is 2100 g/mol. The highest BCUT2D eigenvalue weighted by atomic mass is 35.7. The summed E-state index contributed by atoms with van der Waals surface area (Å²) in [5.74, 6) is -16.7. The van der Waals surface area contributed by atoms with Gasteiger partial charge in [0.1, 0.15) is 78.1 Å². The summed E-state index contributed by atoms with van der Waals surface area (Å²) in [6, 6.07) is -1.17. The number of hydrogen-bond donors (Lipinski definition) is 9. The highest BCUT2D eigenvalue weighted by molar-refractivity contribution is 8.13. The lowest BCUT2D eigenvalue weighted by Crippen LogP contribution is -2.61. The molecule has 4 heterocycles. The summed E-state index contributed by atoms with van der Waals surface area (Å²) in [5.41, 5.74) is 1.21. The number of ether oxygens (including phenoxy) is 6. The number of aliphatic hydroxyl groups is 2. The highest BCUT2D eigenvalue weighted by Gasteiger charge is 2.49. The fourth-order valence-corrected chi connectivity index (χ4v) is 18.0. The molecule has 9 N–H and O–H groups in total. The van der Waals surface area contributed by atoms with E-state index in [0.717, 1.165) is 16.8 Å². The second kappa shape index (κ2) is 59.1. The average Bonchev–Trinajstić information content (AvgIpc) is 1.59. The van der Waals surface area contributed by atoms with Gasteiger partial charge in [0.2, 0.25) is 78.1 Å². The summed E-state index contributed by atoms with van der Waals surface area (Å²) in [4.78, 5) is 233. The number of cyclic esters (lactones) is 4. The molecule has 0 aromatic heterocycles. The quantitative estimate of drug-likeness (QED) is 0.0217. The van der Waals surface area contributed by atoms with Crippen LogP contribution in [0, 0.1) is 59.2 Å². The Morgan fingerprint density at radius 3 is 1.13 bits per heavy atom. The third-order valence-corrected chi connectivity index (χ3v) is 27.6. The minimum Gasteiger partial charge on any atom is -0.497 e. The number of rotatable bonds is 27. The predicted octanol–water partition coefficient (Wildman–Crippen LogP) is 5.90. The van der Waals surface area contributed by atoms with Crippen molar-refractivity contribution in [1.29, 1.82) is 0 Å². The lowest BCUT2D eigenvalue weighted by Gasteiger charge is -2.35. The van der Waals surface area contributed by atoms with Gasteiger partial charge in [0, 0.05) is 57.8 Å². The number of sulfonamides is 1. The Morgan fingerprint density at radius 1 is 0.507 bits per heavy atom. The zero-order valence-corrected chi connectivity index (χ0v) is 90.9. The van der Waals surface area contributed by atoms with Gasteiger partial charge in [0.25, 0.3) is 0 Å². The Morgan fingerprint density at radius 2 is 0.840 bits per heavy atom. The van der Waals surface area contributed by atoms with Gasteiger partial charge in [0.05, 0.1) is 81.7 Å². The number of nitrogens with one attached hydrogen (secondary N) is 7. The highest BCUT2D eigenvalue weighted by Crippen LogP contribution is 2.31. The molecule has 2 aromatic carbocycles. The number of fused-ring (bicyclic) bond motifs is 2. The summed E-state index contributed by atoms with van der Waals surface area (Å²) < 4.78 is 79.4. The molecule has 4 saturated heterocycles. The van der Waals surface area contributed by atoms with Crippen molar-refractivity contribution in [3.8, 4) is 11.5 Å². The van der Waals surface area contributed by atoms with Gasteiger partial charge in [-0.05, 0) is 169 Å². The van der Waals surface area contributed by atoms with Crippen LogP contribution in [-0.2, 0) is 128 Å². The summed E-state index contributed by atoms with van der Waals surface area (Å²) in [7, 11) is 6.02. The van der Waals surface area contributed by atoms with Gasteiger partial charge < -0.3 is 95.5 Å². The minimum absolute atomic E-state index is 0. The Bertz CT molecular complexity index is 4870. The van der Waals surface area contributed by atoms with Crippen LogP contribution in [0.1, 0.15) is 234 Å². The number of aliphatic hydroxyl groups excluding tert-OH is 2. The number of methoxy groups -OCH3 is 2. The van der Waals surface area contributed by atoms with Gasteiger partial charge >= 0.3 is 23.9 Å². The van der Waals surface area contributed by atoms with Gasteiger partial charge in [0.15, 0.2) is 23.8 Å². The maximum atomic E-state index is 14.8. The molecule has 0 saturated carbocycles. The number of amides is 10. The van der Waals surface area contributed by atoms with Crippen LogP contribution in [0.25, 0.3) is 0 Å². The van der Waals surface area contributed by atoms with E-state index in [1.807, 2.05) is 48.5 Å². The van der Waals surface area contributed by atoms with Crippen LogP contribution < -0.4 is 46.7 Å². The Hall–Kier alpha value is -10.0. The van der Waals surface area contributed by atoms with Crippen LogP contribution in [-0.4, -0.2) is 323 Å². The van der Waals surface area contributed by atoms with Crippen LogP contribution in [0.2, 0.25) is 0 Å². The maximum absolute atomic E-state index is 14.8. The van der Waals surface area contributed by atoms with Crippen molar-refractivity contribution in [2.24, 2.45) is 59.2 Å². The largest absolute Gasteiger partial charge is 0.497 e. The molecular formula is C101H165ClN12O28S2. The van der Waals surface area contributed by atoms with Crippen LogP contribution in [0.5, 0.6) is 11.5 Å². The van der Waals surface area contributed by atoms with Crippen LogP contribution in [0.15, 0.2) is 48.5 Å². The smallest absolute Gasteiger partial charge is 0.329 e. The van der Waals surface area contributed by atoms with E-state index in [1.165, 1.54) is 82.7 Å². The fraction of sp³-hybridized carbons (Fsp3) is 0.723. The second-order valence-electron chi connectivity index (χ2n) is 40.6. The van der Waals surface area contributed by atoms with Gasteiger partial charge in [-0.15, -0.1) is 0 Å². The molecule has 4 fully saturated rings. The van der Waals surface area contributed by atoms with E-state index in [0.29, 0.717) is 54.7 Å². The van der Waals surface area contributed by atoms with Crippen molar-refractivity contribution in [3.05, 3.63) is 59.7 Å². The van der Waals surface area contributed by atoms with Crippen LogP contribution in [0.3, 0.4) is 0 Å². The van der Waals surface area contributed by atoms with E-state index in [4.69, 9.17) is 28.4 Å². The number of benzene rings is 2.